The van der Waals surface area contributed by atoms with E-state index < -0.39 is 0 Å². The molecule has 0 bridgehead atoms. The molecule has 22 heavy (non-hydrogen) atoms. The van der Waals surface area contributed by atoms with Crippen LogP contribution in [-0.2, 0) is 4.79 Å². The molecule has 0 atom stereocenters. The summed E-state index contributed by atoms with van der Waals surface area (Å²) in [6.07, 6.45) is 3.36. The molecule has 2 N–H and O–H groups in total. The number of rotatable bonds is 7. The van der Waals surface area contributed by atoms with Crippen molar-refractivity contribution in [1.82, 2.24) is 10.6 Å². The number of hydrogen-bond donors (Lipinski definition) is 2. The Hall–Kier alpha value is -1.78. The number of hydrogen-bond acceptors (Lipinski definition) is 3. The van der Waals surface area contributed by atoms with E-state index in [1.54, 1.807) is 12.1 Å². The van der Waals surface area contributed by atoms with Crippen LogP contribution in [0.3, 0.4) is 0 Å². The van der Waals surface area contributed by atoms with Gasteiger partial charge >= 0.3 is 0 Å². The minimum atomic E-state index is -0.251. The zero-order valence-electron chi connectivity index (χ0n) is 14.3. The Morgan fingerprint density at radius 2 is 1.86 bits per heavy atom. The van der Waals surface area contributed by atoms with Gasteiger partial charge < -0.3 is 15.1 Å². The predicted octanol–water partition coefficient (Wildman–Crippen LogP) is 3.12. The van der Waals surface area contributed by atoms with Crippen molar-refractivity contribution in [3.05, 3.63) is 24.2 Å². The van der Waals surface area contributed by atoms with Gasteiger partial charge in [0.15, 0.2) is 5.76 Å². The zero-order chi connectivity index (χ0) is 16.8. The van der Waals surface area contributed by atoms with Crippen LogP contribution in [0, 0.1) is 5.41 Å². The SMILES string of the molecule is CC(C)(C)CC(C)(C)NC(=O)CCCNC(=O)c1ccco1. The Kier molecular flexibility index (Phi) is 6.21. The van der Waals surface area contributed by atoms with Crippen molar-refractivity contribution in [2.75, 3.05) is 6.54 Å². The lowest BCUT2D eigenvalue weighted by molar-refractivity contribution is -0.123. The van der Waals surface area contributed by atoms with Gasteiger partial charge in [-0.05, 0) is 44.2 Å². The lowest BCUT2D eigenvalue weighted by Gasteiger charge is -2.33. The van der Waals surface area contributed by atoms with Crippen molar-refractivity contribution >= 4 is 11.8 Å². The monoisotopic (exact) mass is 308 g/mol. The summed E-state index contributed by atoms with van der Waals surface area (Å²) >= 11 is 0. The number of carbonyl (C=O) groups excluding carboxylic acids is 2. The standard InChI is InChI=1S/C17H28N2O3/c1-16(2,3)12-17(4,5)19-14(20)9-6-10-18-15(21)13-8-7-11-22-13/h7-8,11H,6,9-10,12H2,1-5H3,(H,18,21)(H,19,20). The second-order valence-corrected chi connectivity index (χ2v) is 7.51. The minimum absolute atomic E-state index is 0.0153. The average molecular weight is 308 g/mol. The third-order valence-corrected chi connectivity index (χ3v) is 3.06. The number of nitrogens with one attached hydrogen (secondary N) is 2. The summed E-state index contributed by atoms with van der Waals surface area (Å²) in [6, 6.07) is 3.27. The van der Waals surface area contributed by atoms with Crippen LogP contribution in [0.4, 0.5) is 0 Å². The van der Waals surface area contributed by atoms with Gasteiger partial charge in [0.05, 0.1) is 6.26 Å². The van der Waals surface area contributed by atoms with E-state index in [2.05, 4.69) is 31.4 Å². The first-order valence-electron chi connectivity index (χ1n) is 7.72. The Morgan fingerprint density at radius 3 is 2.41 bits per heavy atom. The number of carbonyl (C=O) groups is 2. The molecule has 0 aliphatic heterocycles. The van der Waals surface area contributed by atoms with Gasteiger partial charge in [-0.15, -0.1) is 0 Å². The molecule has 0 radical (unpaired) electrons. The highest BCUT2D eigenvalue weighted by molar-refractivity contribution is 5.91. The van der Waals surface area contributed by atoms with Crippen LogP contribution in [0.1, 0.15) is 64.4 Å². The van der Waals surface area contributed by atoms with Crippen molar-refractivity contribution in [2.24, 2.45) is 5.41 Å². The molecule has 0 saturated heterocycles. The van der Waals surface area contributed by atoms with E-state index in [0.29, 0.717) is 19.4 Å². The summed E-state index contributed by atoms with van der Waals surface area (Å²) in [4.78, 5) is 23.6. The summed E-state index contributed by atoms with van der Waals surface area (Å²) in [5.41, 5.74) is -0.0689. The summed E-state index contributed by atoms with van der Waals surface area (Å²) in [5, 5.41) is 5.79. The number of furan rings is 1. The van der Waals surface area contributed by atoms with E-state index in [0.717, 1.165) is 6.42 Å². The van der Waals surface area contributed by atoms with Gasteiger partial charge in [0.1, 0.15) is 0 Å². The molecule has 5 nitrogen and oxygen atoms in total. The van der Waals surface area contributed by atoms with Crippen LogP contribution in [0.25, 0.3) is 0 Å². The molecule has 1 aromatic rings. The molecule has 1 heterocycles. The molecule has 0 spiro atoms. The summed E-state index contributed by atoms with van der Waals surface area (Å²) in [7, 11) is 0. The van der Waals surface area contributed by atoms with Gasteiger partial charge in [-0.1, -0.05) is 20.8 Å². The molecular formula is C17H28N2O3. The fourth-order valence-electron chi connectivity index (χ4n) is 2.76. The van der Waals surface area contributed by atoms with E-state index in [4.69, 9.17) is 4.42 Å². The molecule has 0 unspecified atom stereocenters. The van der Waals surface area contributed by atoms with Crippen molar-refractivity contribution in [2.45, 2.75) is 59.4 Å². The van der Waals surface area contributed by atoms with Crippen LogP contribution < -0.4 is 10.6 Å². The third-order valence-electron chi connectivity index (χ3n) is 3.06. The van der Waals surface area contributed by atoms with Gasteiger partial charge in [0.2, 0.25) is 5.91 Å². The van der Waals surface area contributed by atoms with Gasteiger partial charge in [-0.2, -0.15) is 0 Å². The Bertz CT molecular complexity index is 485. The third kappa shape index (κ3) is 7.29. The highest BCUT2D eigenvalue weighted by Crippen LogP contribution is 2.26. The lowest BCUT2D eigenvalue weighted by Crippen LogP contribution is -2.45. The normalized spacial score (nSPS) is 12.0. The first kappa shape index (κ1) is 18.3. The highest BCUT2D eigenvalue weighted by Gasteiger charge is 2.26. The van der Waals surface area contributed by atoms with Gasteiger partial charge in [-0.25, -0.2) is 0 Å². The second-order valence-electron chi connectivity index (χ2n) is 7.51. The van der Waals surface area contributed by atoms with E-state index in [9.17, 15) is 9.59 Å². The molecule has 0 fully saturated rings. The first-order chi connectivity index (χ1) is 10.1. The molecule has 124 valence electrons. The molecule has 0 saturated carbocycles. The molecular weight excluding hydrogens is 280 g/mol. The molecule has 0 aliphatic carbocycles. The number of amides is 2. The van der Waals surface area contributed by atoms with Crippen LogP contribution in [0.2, 0.25) is 0 Å². The zero-order valence-corrected chi connectivity index (χ0v) is 14.3. The van der Waals surface area contributed by atoms with Gasteiger partial charge in [0, 0.05) is 18.5 Å². The van der Waals surface area contributed by atoms with E-state index in [-0.39, 0.29) is 28.5 Å². The maximum absolute atomic E-state index is 12.0. The Morgan fingerprint density at radius 1 is 1.18 bits per heavy atom. The molecule has 0 aromatic carbocycles. The molecule has 5 heteroatoms. The van der Waals surface area contributed by atoms with Crippen LogP contribution in [-0.4, -0.2) is 23.9 Å². The minimum Gasteiger partial charge on any atom is -0.459 e. The highest BCUT2D eigenvalue weighted by atomic mass is 16.3. The Balaban J connectivity index is 2.24. The van der Waals surface area contributed by atoms with Crippen LogP contribution in [0.5, 0.6) is 0 Å². The fourth-order valence-corrected chi connectivity index (χ4v) is 2.76. The van der Waals surface area contributed by atoms with Crippen LogP contribution in [0.15, 0.2) is 22.8 Å². The molecule has 1 aromatic heterocycles. The molecule has 2 amide bonds. The van der Waals surface area contributed by atoms with E-state index in [1.807, 2.05) is 13.8 Å². The summed E-state index contributed by atoms with van der Waals surface area (Å²) in [6.45, 7) is 11.0. The van der Waals surface area contributed by atoms with Gasteiger partial charge in [-0.3, -0.25) is 9.59 Å². The quantitative estimate of drug-likeness (QED) is 0.760. The van der Waals surface area contributed by atoms with Crippen LogP contribution >= 0.6 is 0 Å². The average Bonchev–Trinajstić information content (AvgIpc) is 2.84. The van der Waals surface area contributed by atoms with Crippen molar-refractivity contribution in [3.63, 3.8) is 0 Å². The van der Waals surface area contributed by atoms with Crippen molar-refractivity contribution in [1.29, 1.82) is 0 Å². The summed E-state index contributed by atoms with van der Waals surface area (Å²) in [5.74, 6) is 0.0516. The Labute approximate surface area is 132 Å². The predicted molar refractivity (Wildman–Crippen MR) is 86.6 cm³/mol. The van der Waals surface area contributed by atoms with E-state index >= 15 is 0 Å². The maximum atomic E-state index is 12.0. The van der Waals surface area contributed by atoms with Crippen molar-refractivity contribution in [3.8, 4) is 0 Å². The largest absolute Gasteiger partial charge is 0.459 e. The fraction of sp³-hybridized carbons (Fsp3) is 0.647. The lowest BCUT2D eigenvalue weighted by atomic mass is 9.82. The molecule has 0 aliphatic rings. The van der Waals surface area contributed by atoms with Gasteiger partial charge in [0.25, 0.3) is 5.91 Å². The second kappa shape index (κ2) is 7.47. The topological polar surface area (TPSA) is 71.3 Å². The maximum Gasteiger partial charge on any atom is 0.286 e. The summed E-state index contributed by atoms with van der Waals surface area (Å²) < 4.78 is 4.99. The first-order valence-corrected chi connectivity index (χ1v) is 7.72. The van der Waals surface area contributed by atoms with Crippen molar-refractivity contribution < 1.29 is 14.0 Å². The van der Waals surface area contributed by atoms with E-state index in [1.165, 1.54) is 6.26 Å². The molecule has 1 rings (SSSR count). The smallest absolute Gasteiger partial charge is 0.286 e.